The number of hydrogen-bond acceptors (Lipinski definition) is 8. The third-order valence-electron chi connectivity index (χ3n) is 7.39. The van der Waals surface area contributed by atoms with Crippen LogP contribution in [0.25, 0.3) is 11.4 Å². The van der Waals surface area contributed by atoms with Crippen molar-refractivity contribution in [1.82, 2.24) is 24.6 Å². The van der Waals surface area contributed by atoms with E-state index < -0.39 is 24.3 Å². The van der Waals surface area contributed by atoms with Crippen molar-refractivity contribution in [2.24, 2.45) is 7.05 Å². The van der Waals surface area contributed by atoms with Gasteiger partial charge in [-0.05, 0) is 83.4 Å². The highest BCUT2D eigenvalue weighted by Gasteiger charge is 2.51. The number of benzene rings is 1. The molecule has 11 heteroatoms. The molecule has 196 valence electrons. The number of likely N-dealkylation sites (tertiary alicyclic amines) is 1. The molecule has 1 aromatic carbocycles. The van der Waals surface area contributed by atoms with Crippen molar-refractivity contribution in [1.29, 1.82) is 0 Å². The molecule has 0 saturated carbocycles. The predicted molar refractivity (Wildman–Crippen MR) is 141 cm³/mol. The lowest BCUT2D eigenvalue weighted by Crippen LogP contribution is -2.41. The number of nitrogens with one attached hydrogen (secondary N) is 1. The van der Waals surface area contributed by atoms with E-state index in [0.29, 0.717) is 29.7 Å². The molecular formula is C26H34BFN6O3. The smallest absolute Gasteiger partial charge is 0.490 e. The van der Waals surface area contributed by atoms with Gasteiger partial charge in [-0.2, -0.15) is 9.37 Å². The molecule has 0 unspecified atom stereocenters. The summed E-state index contributed by atoms with van der Waals surface area (Å²) in [6.07, 6.45) is 3.89. The number of ether oxygens (including phenoxy) is 1. The normalized spacial score (nSPS) is 18.9. The van der Waals surface area contributed by atoms with Gasteiger partial charge in [-0.25, -0.2) is 9.67 Å². The van der Waals surface area contributed by atoms with Gasteiger partial charge in [0, 0.05) is 25.4 Å². The topological polar surface area (TPSA) is 86.6 Å². The second kappa shape index (κ2) is 10.0. The number of hydrogen-bond donors (Lipinski definition) is 1. The first kappa shape index (κ1) is 25.6. The summed E-state index contributed by atoms with van der Waals surface area (Å²) < 4.78 is 33.7. The Kier molecular flexibility index (Phi) is 6.95. The summed E-state index contributed by atoms with van der Waals surface area (Å²) in [4.78, 5) is 10.7. The van der Waals surface area contributed by atoms with Crippen LogP contribution in [0.3, 0.4) is 0 Å². The first-order valence-corrected chi connectivity index (χ1v) is 12.8. The lowest BCUT2D eigenvalue weighted by atomic mass is 9.79. The Morgan fingerprint density at radius 3 is 2.49 bits per heavy atom. The maximum Gasteiger partial charge on any atom is 0.494 e. The highest BCUT2D eigenvalue weighted by molar-refractivity contribution is 6.62. The number of rotatable bonds is 8. The highest BCUT2D eigenvalue weighted by Crippen LogP contribution is 2.37. The maximum absolute atomic E-state index is 13.2. The molecule has 1 N–H and O–H groups in total. The lowest BCUT2D eigenvalue weighted by molar-refractivity contribution is 0.00578. The molecule has 0 spiro atoms. The number of pyridine rings is 1. The van der Waals surface area contributed by atoms with Gasteiger partial charge in [-0.3, -0.25) is 4.90 Å². The van der Waals surface area contributed by atoms with Crippen LogP contribution < -0.4 is 15.5 Å². The van der Waals surface area contributed by atoms with Crippen LogP contribution in [0.15, 0.2) is 36.5 Å². The molecule has 37 heavy (non-hydrogen) atoms. The van der Waals surface area contributed by atoms with Crippen LogP contribution in [0.2, 0.25) is 0 Å². The molecule has 0 aliphatic carbocycles. The van der Waals surface area contributed by atoms with Crippen LogP contribution in [-0.4, -0.2) is 69.2 Å². The summed E-state index contributed by atoms with van der Waals surface area (Å²) in [6.45, 7) is 11.8. The minimum absolute atomic E-state index is 0.435. The van der Waals surface area contributed by atoms with Gasteiger partial charge in [0.2, 0.25) is 11.9 Å². The predicted octanol–water partition coefficient (Wildman–Crippen LogP) is 3.53. The van der Waals surface area contributed by atoms with Crippen molar-refractivity contribution in [2.45, 2.75) is 51.7 Å². The molecule has 2 saturated heterocycles. The third kappa shape index (κ3) is 5.48. The van der Waals surface area contributed by atoms with E-state index in [0.717, 1.165) is 30.8 Å². The first-order chi connectivity index (χ1) is 17.6. The standard InChI is InChI=1S/C26H34BFN6O3/c1-25(2)26(3,4)37-27(36-25)19-9-10-20(21(16-19)35-15-14-34-12-6-7-13-34)30-24-31-23(32-33(24)5)18-8-11-22(28)29-17-18/h8-11,16-17H,6-7,12-15H2,1-5H3,(H,30,31,32). The summed E-state index contributed by atoms with van der Waals surface area (Å²) >= 11 is 0. The van der Waals surface area contributed by atoms with Crippen molar-refractivity contribution in [2.75, 3.05) is 31.6 Å². The number of halogens is 1. The Balaban J connectivity index is 1.39. The molecule has 0 radical (unpaired) electrons. The molecule has 5 rings (SSSR count). The Hall–Kier alpha value is -3.02. The minimum Gasteiger partial charge on any atom is -0.490 e. The van der Waals surface area contributed by atoms with Gasteiger partial charge in [0.05, 0.1) is 16.9 Å². The molecular weight excluding hydrogens is 474 g/mol. The average Bonchev–Trinajstić information content (AvgIpc) is 3.54. The fourth-order valence-electron chi connectivity index (χ4n) is 4.42. The lowest BCUT2D eigenvalue weighted by Gasteiger charge is -2.32. The fraction of sp³-hybridized carbons (Fsp3) is 0.500. The quantitative estimate of drug-likeness (QED) is 0.366. The molecule has 9 nitrogen and oxygen atoms in total. The Bertz CT molecular complexity index is 1230. The zero-order valence-corrected chi connectivity index (χ0v) is 22.1. The molecule has 4 heterocycles. The van der Waals surface area contributed by atoms with E-state index in [9.17, 15) is 4.39 Å². The maximum atomic E-state index is 13.2. The monoisotopic (exact) mass is 508 g/mol. The first-order valence-electron chi connectivity index (χ1n) is 12.8. The van der Waals surface area contributed by atoms with Gasteiger partial charge >= 0.3 is 7.12 Å². The van der Waals surface area contributed by atoms with Crippen molar-refractivity contribution in [3.63, 3.8) is 0 Å². The molecule has 2 aromatic heterocycles. The SMILES string of the molecule is Cn1nc(-c2ccc(F)nc2)nc1Nc1ccc(B2OC(C)(C)C(C)(C)O2)cc1OCCN1CCCC1. The van der Waals surface area contributed by atoms with Crippen LogP contribution in [0.4, 0.5) is 16.0 Å². The summed E-state index contributed by atoms with van der Waals surface area (Å²) in [5, 5.41) is 7.80. The van der Waals surface area contributed by atoms with Gasteiger partial charge in [0.25, 0.3) is 0 Å². The molecule has 2 fully saturated rings. The van der Waals surface area contributed by atoms with Crippen molar-refractivity contribution >= 4 is 24.2 Å². The van der Waals surface area contributed by atoms with Crippen molar-refractivity contribution in [3.8, 4) is 17.1 Å². The molecule has 2 aliphatic heterocycles. The van der Waals surface area contributed by atoms with Crippen LogP contribution in [-0.2, 0) is 16.4 Å². The Morgan fingerprint density at radius 2 is 1.81 bits per heavy atom. The van der Waals surface area contributed by atoms with E-state index in [1.165, 1.54) is 25.1 Å². The average molecular weight is 508 g/mol. The summed E-state index contributed by atoms with van der Waals surface area (Å²) in [5.41, 5.74) is 1.39. The van der Waals surface area contributed by atoms with Gasteiger partial charge in [0.15, 0.2) is 5.82 Å². The molecule has 0 bridgehead atoms. The van der Waals surface area contributed by atoms with Crippen molar-refractivity contribution in [3.05, 3.63) is 42.5 Å². The van der Waals surface area contributed by atoms with E-state index in [4.69, 9.17) is 14.0 Å². The number of nitrogens with zero attached hydrogens (tertiary/aromatic N) is 5. The van der Waals surface area contributed by atoms with Crippen LogP contribution in [0.5, 0.6) is 5.75 Å². The van der Waals surface area contributed by atoms with Crippen LogP contribution in [0, 0.1) is 5.95 Å². The summed E-state index contributed by atoms with van der Waals surface area (Å²) in [7, 11) is 1.30. The number of anilines is 2. The largest absolute Gasteiger partial charge is 0.494 e. The Morgan fingerprint density at radius 1 is 1.08 bits per heavy atom. The van der Waals surface area contributed by atoms with Gasteiger partial charge in [-0.1, -0.05) is 6.07 Å². The fourth-order valence-corrected chi connectivity index (χ4v) is 4.42. The van der Waals surface area contributed by atoms with E-state index in [1.54, 1.807) is 17.8 Å². The molecule has 0 atom stereocenters. The van der Waals surface area contributed by atoms with E-state index in [-0.39, 0.29) is 0 Å². The zero-order chi connectivity index (χ0) is 26.2. The summed E-state index contributed by atoms with van der Waals surface area (Å²) in [6, 6.07) is 8.78. The number of aryl methyl sites for hydroxylation is 1. The van der Waals surface area contributed by atoms with E-state index in [1.807, 2.05) is 45.9 Å². The van der Waals surface area contributed by atoms with Crippen LogP contribution in [0.1, 0.15) is 40.5 Å². The van der Waals surface area contributed by atoms with Gasteiger partial charge in [0.1, 0.15) is 12.4 Å². The highest BCUT2D eigenvalue weighted by atomic mass is 19.1. The second-order valence-electron chi connectivity index (χ2n) is 10.6. The molecule has 0 amide bonds. The van der Waals surface area contributed by atoms with Gasteiger partial charge < -0.3 is 19.4 Å². The second-order valence-corrected chi connectivity index (χ2v) is 10.6. The van der Waals surface area contributed by atoms with Crippen LogP contribution >= 0.6 is 0 Å². The summed E-state index contributed by atoms with van der Waals surface area (Å²) in [5.74, 6) is 1.10. The minimum atomic E-state index is -0.546. The zero-order valence-electron chi connectivity index (χ0n) is 22.1. The van der Waals surface area contributed by atoms with Gasteiger partial charge in [-0.15, -0.1) is 5.10 Å². The third-order valence-corrected chi connectivity index (χ3v) is 7.39. The van der Waals surface area contributed by atoms with Crippen molar-refractivity contribution < 1.29 is 18.4 Å². The molecule has 2 aliphatic rings. The Labute approximate surface area is 217 Å². The number of aromatic nitrogens is 4. The van der Waals surface area contributed by atoms with E-state index >= 15 is 0 Å². The molecule has 3 aromatic rings. The van der Waals surface area contributed by atoms with E-state index in [2.05, 4.69) is 25.3 Å².